The Hall–Kier alpha value is -3.72. The maximum atomic E-state index is 13.8. The quantitative estimate of drug-likeness (QED) is 0.352. The van der Waals surface area contributed by atoms with Crippen molar-refractivity contribution in [3.63, 3.8) is 0 Å². The summed E-state index contributed by atoms with van der Waals surface area (Å²) in [5.74, 6) is -0.212. The van der Waals surface area contributed by atoms with Gasteiger partial charge in [0.05, 0.1) is 11.4 Å². The zero-order chi connectivity index (χ0) is 23.2. The smallest absolute Gasteiger partial charge is 0.234 e. The molecule has 0 spiro atoms. The number of carbonyl (C=O) groups is 1. The Balaban J connectivity index is 1.54. The summed E-state index contributed by atoms with van der Waals surface area (Å²) in [5, 5.41) is 11.6. The molecule has 0 saturated heterocycles. The minimum Gasteiger partial charge on any atom is -0.483 e. The second-order valence-corrected chi connectivity index (χ2v) is 7.98. The summed E-state index contributed by atoms with van der Waals surface area (Å²) in [4.78, 5) is 12.4. The summed E-state index contributed by atoms with van der Waals surface area (Å²) in [6, 6.07) is 21.1. The molecule has 0 aliphatic carbocycles. The summed E-state index contributed by atoms with van der Waals surface area (Å²) < 4.78 is 34.7. The minimum atomic E-state index is -0.509. The average Bonchev–Trinajstić information content (AvgIpc) is 3.25. The number of benzene rings is 3. The van der Waals surface area contributed by atoms with Crippen LogP contribution in [-0.4, -0.2) is 26.4 Å². The van der Waals surface area contributed by atoms with Crippen molar-refractivity contribution in [3.8, 4) is 11.4 Å². The van der Waals surface area contributed by atoms with Gasteiger partial charge in [-0.3, -0.25) is 9.36 Å². The van der Waals surface area contributed by atoms with Crippen LogP contribution in [0, 0.1) is 11.6 Å². The lowest BCUT2D eigenvalue weighted by Gasteiger charge is -2.16. The number of rotatable bonds is 8. The number of nitrogens with one attached hydrogen (secondary N) is 1. The number of anilines is 1. The molecule has 168 valence electrons. The van der Waals surface area contributed by atoms with Crippen LogP contribution in [0.4, 0.5) is 14.5 Å². The summed E-state index contributed by atoms with van der Waals surface area (Å²) in [5.41, 5.74) is 0.915. The topological polar surface area (TPSA) is 69.0 Å². The van der Waals surface area contributed by atoms with Crippen LogP contribution in [0.1, 0.15) is 18.9 Å². The molecule has 0 bridgehead atoms. The normalized spacial score (nSPS) is 11.7. The first kappa shape index (κ1) is 22.5. The van der Waals surface area contributed by atoms with Crippen LogP contribution in [-0.2, 0) is 4.79 Å². The Labute approximate surface area is 193 Å². The third kappa shape index (κ3) is 5.56. The van der Waals surface area contributed by atoms with Crippen molar-refractivity contribution in [1.29, 1.82) is 0 Å². The second-order valence-electron chi connectivity index (χ2n) is 7.04. The fourth-order valence-corrected chi connectivity index (χ4v) is 3.87. The van der Waals surface area contributed by atoms with Crippen molar-refractivity contribution in [2.45, 2.75) is 18.2 Å². The fourth-order valence-electron chi connectivity index (χ4n) is 3.11. The Morgan fingerprint density at radius 1 is 1.00 bits per heavy atom. The maximum Gasteiger partial charge on any atom is 0.234 e. The lowest BCUT2D eigenvalue weighted by Crippen LogP contribution is -2.16. The number of nitrogens with zero attached hydrogens (tertiary/aromatic N) is 3. The third-order valence-electron chi connectivity index (χ3n) is 4.64. The lowest BCUT2D eigenvalue weighted by atomic mass is 10.3. The van der Waals surface area contributed by atoms with Crippen molar-refractivity contribution in [2.24, 2.45) is 0 Å². The molecule has 4 aromatic rings. The Morgan fingerprint density at radius 3 is 2.42 bits per heavy atom. The molecule has 0 fully saturated rings. The number of para-hydroxylation sites is 2. The number of aromatic nitrogens is 3. The van der Waals surface area contributed by atoms with Crippen LogP contribution < -0.4 is 10.1 Å². The van der Waals surface area contributed by atoms with Gasteiger partial charge in [0.1, 0.15) is 17.4 Å². The van der Waals surface area contributed by atoms with Crippen LogP contribution in [0.5, 0.6) is 5.75 Å². The predicted molar refractivity (Wildman–Crippen MR) is 123 cm³/mol. The molecule has 4 rings (SSSR count). The molecule has 9 heteroatoms. The van der Waals surface area contributed by atoms with Crippen LogP contribution in [0.25, 0.3) is 5.69 Å². The van der Waals surface area contributed by atoms with Gasteiger partial charge >= 0.3 is 0 Å². The summed E-state index contributed by atoms with van der Waals surface area (Å²) >= 11 is 1.17. The first-order valence-corrected chi connectivity index (χ1v) is 11.1. The molecule has 1 N–H and O–H groups in total. The van der Waals surface area contributed by atoms with Gasteiger partial charge in [-0.1, -0.05) is 42.1 Å². The molecule has 0 aliphatic rings. The first-order valence-electron chi connectivity index (χ1n) is 10.1. The van der Waals surface area contributed by atoms with E-state index in [0.717, 1.165) is 5.69 Å². The van der Waals surface area contributed by atoms with Crippen LogP contribution in [0.3, 0.4) is 0 Å². The zero-order valence-corrected chi connectivity index (χ0v) is 18.4. The molecular weight excluding hydrogens is 446 g/mol. The fraction of sp³-hybridized carbons (Fsp3) is 0.125. The molecule has 1 unspecified atom stereocenters. The predicted octanol–water partition coefficient (Wildman–Crippen LogP) is 5.42. The number of hydrogen-bond donors (Lipinski definition) is 1. The highest BCUT2D eigenvalue weighted by atomic mass is 32.2. The molecule has 1 atom stereocenters. The molecule has 1 heterocycles. The molecule has 0 saturated carbocycles. The average molecular weight is 467 g/mol. The summed E-state index contributed by atoms with van der Waals surface area (Å²) in [6.07, 6.45) is -0.509. The van der Waals surface area contributed by atoms with Crippen molar-refractivity contribution < 1.29 is 18.3 Å². The van der Waals surface area contributed by atoms with E-state index in [-0.39, 0.29) is 23.2 Å². The molecule has 6 nitrogen and oxygen atoms in total. The van der Waals surface area contributed by atoms with Crippen molar-refractivity contribution in [3.05, 3.63) is 96.3 Å². The van der Waals surface area contributed by atoms with Gasteiger partial charge in [-0.15, -0.1) is 10.2 Å². The van der Waals surface area contributed by atoms with Crippen LogP contribution in [0.15, 0.2) is 84.0 Å². The minimum absolute atomic E-state index is 0.00645. The monoisotopic (exact) mass is 466 g/mol. The highest BCUT2D eigenvalue weighted by molar-refractivity contribution is 7.99. The van der Waals surface area contributed by atoms with E-state index in [1.807, 2.05) is 37.3 Å². The molecular formula is C24H20F2N4O2S. The van der Waals surface area contributed by atoms with Gasteiger partial charge in [0.2, 0.25) is 5.91 Å². The first-order chi connectivity index (χ1) is 16.0. The zero-order valence-electron chi connectivity index (χ0n) is 17.6. The van der Waals surface area contributed by atoms with Gasteiger partial charge in [-0.05, 0) is 55.5 Å². The Bertz CT molecular complexity index is 1230. The highest BCUT2D eigenvalue weighted by Gasteiger charge is 2.22. The van der Waals surface area contributed by atoms with Gasteiger partial charge in [-0.25, -0.2) is 8.78 Å². The molecule has 3 aromatic carbocycles. The molecule has 1 amide bonds. The van der Waals surface area contributed by atoms with E-state index in [2.05, 4.69) is 15.5 Å². The van der Waals surface area contributed by atoms with E-state index >= 15 is 0 Å². The number of hydrogen-bond acceptors (Lipinski definition) is 5. The molecule has 0 aliphatic heterocycles. The van der Waals surface area contributed by atoms with Crippen molar-refractivity contribution >= 4 is 23.4 Å². The van der Waals surface area contributed by atoms with Gasteiger partial charge in [-0.2, -0.15) is 0 Å². The standard InChI is InChI=1S/C24H20F2N4O2S/c1-16(32-19-13-11-17(25)12-14-19)23-28-29-24(30(23)18-7-3-2-4-8-18)33-15-22(31)27-21-10-6-5-9-20(21)26/h2-14,16H,15H2,1H3,(H,27,31). The molecule has 1 aromatic heterocycles. The van der Waals surface area contributed by atoms with Gasteiger partial charge < -0.3 is 10.1 Å². The number of carbonyl (C=O) groups excluding carboxylic acids is 1. The van der Waals surface area contributed by atoms with Gasteiger partial charge in [0.15, 0.2) is 17.1 Å². The number of halogens is 2. The molecule has 0 radical (unpaired) electrons. The number of ether oxygens (including phenoxy) is 1. The van der Waals surface area contributed by atoms with Gasteiger partial charge in [0, 0.05) is 5.69 Å². The maximum absolute atomic E-state index is 13.8. The van der Waals surface area contributed by atoms with E-state index in [1.54, 1.807) is 16.7 Å². The summed E-state index contributed by atoms with van der Waals surface area (Å²) in [6.45, 7) is 1.81. The van der Waals surface area contributed by atoms with Crippen LogP contribution in [0.2, 0.25) is 0 Å². The Morgan fingerprint density at radius 2 is 1.70 bits per heavy atom. The largest absolute Gasteiger partial charge is 0.483 e. The van der Waals surface area contributed by atoms with E-state index in [9.17, 15) is 13.6 Å². The SMILES string of the molecule is CC(Oc1ccc(F)cc1)c1nnc(SCC(=O)Nc2ccccc2F)n1-c1ccccc1. The lowest BCUT2D eigenvalue weighted by molar-refractivity contribution is -0.113. The van der Waals surface area contributed by atoms with Crippen LogP contribution >= 0.6 is 11.8 Å². The number of thioether (sulfide) groups is 1. The van der Waals surface area contributed by atoms with Crippen molar-refractivity contribution in [2.75, 3.05) is 11.1 Å². The highest BCUT2D eigenvalue weighted by Crippen LogP contribution is 2.28. The Kier molecular flexibility index (Phi) is 6.99. The third-order valence-corrected chi connectivity index (χ3v) is 5.57. The number of amides is 1. The van der Waals surface area contributed by atoms with Gasteiger partial charge in [0.25, 0.3) is 0 Å². The van der Waals surface area contributed by atoms with Crippen molar-refractivity contribution in [1.82, 2.24) is 14.8 Å². The van der Waals surface area contributed by atoms with E-state index in [0.29, 0.717) is 16.7 Å². The second kappa shape index (κ2) is 10.3. The van der Waals surface area contributed by atoms with E-state index < -0.39 is 11.9 Å². The van der Waals surface area contributed by atoms with E-state index in [1.165, 1.54) is 48.2 Å². The summed E-state index contributed by atoms with van der Waals surface area (Å²) in [7, 11) is 0. The van der Waals surface area contributed by atoms with E-state index in [4.69, 9.17) is 4.74 Å². The molecule has 33 heavy (non-hydrogen) atoms.